The fourth-order valence-electron chi connectivity index (χ4n) is 4.59. The maximum absolute atomic E-state index is 5.96. The quantitative estimate of drug-likeness (QED) is 0.673. The number of fused-ring (bicyclic) bond motifs is 1. The molecule has 28 heavy (non-hydrogen) atoms. The summed E-state index contributed by atoms with van der Waals surface area (Å²) in [5.41, 5.74) is 1.47. The maximum atomic E-state index is 5.96. The molecule has 0 saturated carbocycles. The van der Waals surface area contributed by atoms with Crippen LogP contribution in [-0.2, 0) is 15.9 Å². The summed E-state index contributed by atoms with van der Waals surface area (Å²) < 4.78 is 11.4. The first-order valence-electron chi connectivity index (χ1n) is 11.0. The van der Waals surface area contributed by atoms with E-state index in [2.05, 4.69) is 52.7 Å². The van der Waals surface area contributed by atoms with Crippen LogP contribution in [0.15, 0.2) is 42.5 Å². The minimum absolute atomic E-state index is 0.445. The van der Waals surface area contributed by atoms with Gasteiger partial charge < -0.3 is 14.8 Å². The van der Waals surface area contributed by atoms with E-state index in [1.165, 1.54) is 29.2 Å². The molecule has 0 aliphatic carbocycles. The predicted octanol–water partition coefficient (Wildman–Crippen LogP) is 3.49. The number of benzene rings is 2. The number of hydrogen-bond acceptors (Lipinski definition) is 4. The Morgan fingerprint density at radius 2 is 1.89 bits per heavy atom. The summed E-state index contributed by atoms with van der Waals surface area (Å²) in [6.07, 6.45) is 5.16. The molecule has 0 spiro atoms. The van der Waals surface area contributed by atoms with Crippen LogP contribution in [0.4, 0.5) is 0 Å². The zero-order valence-corrected chi connectivity index (χ0v) is 16.9. The van der Waals surface area contributed by atoms with Crippen LogP contribution in [0.2, 0.25) is 0 Å². The van der Waals surface area contributed by atoms with E-state index < -0.39 is 0 Å². The fourth-order valence-corrected chi connectivity index (χ4v) is 4.59. The van der Waals surface area contributed by atoms with Crippen molar-refractivity contribution in [2.45, 2.75) is 31.8 Å². The van der Waals surface area contributed by atoms with E-state index in [0.29, 0.717) is 12.0 Å². The van der Waals surface area contributed by atoms with Gasteiger partial charge >= 0.3 is 0 Å². The van der Waals surface area contributed by atoms with E-state index >= 15 is 0 Å². The first kappa shape index (κ1) is 19.8. The van der Waals surface area contributed by atoms with E-state index in [1.807, 2.05) is 0 Å². The Morgan fingerprint density at radius 1 is 1.04 bits per heavy atom. The maximum Gasteiger partial charge on any atom is 0.0594 e. The molecule has 0 bridgehead atoms. The molecule has 4 rings (SSSR count). The molecule has 0 aromatic heterocycles. The fraction of sp³-hybridized carbons (Fsp3) is 0.583. The van der Waals surface area contributed by atoms with E-state index in [-0.39, 0.29) is 0 Å². The molecule has 2 aliphatic heterocycles. The van der Waals surface area contributed by atoms with E-state index in [4.69, 9.17) is 9.47 Å². The molecular weight excluding hydrogens is 348 g/mol. The van der Waals surface area contributed by atoms with Gasteiger partial charge in [0.1, 0.15) is 0 Å². The van der Waals surface area contributed by atoms with Crippen molar-refractivity contribution >= 4 is 10.8 Å². The molecular formula is C24H34N2O2. The van der Waals surface area contributed by atoms with Crippen LogP contribution in [0.25, 0.3) is 10.8 Å². The monoisotopic (exact) mass is 382 g/mol. The highest BCUT2D eigenvalue weighted by atomic mass is 16.5. The van der Waals surface area contributed by atoms with Crippen LogP contribution in [0.5, 0.6) is 0 Å². The molecule has 4 heteroatoms. The van der Waals surface area contributed by atoms with Gasteiger partial charge in [0.15, 0.2) is 0 Å². The van der Waals surface area contributed by atoms with Crippen LogP contribution in [-0.4, -0.2) is 63.5 Å². The molecule has 2 saturated heterocycles. The topological polar surface area (TPSA) is 33.7 Å². The van der Waals surface area contributed by atoms with Gasteiger partial charge in [-0.2, -0.15) is 0 Å². The van der Waals surface area contributed by atoms with Crippen LogP contribution in [0.3, 0.4) is 0 Å². The SMILES string of the molecule is c1ccc2c(CC(CNCCN3CCOCC3)CC3CCCO3)cccc2c1. The number of morpholine rings is 1. The summed E-state index contributed by atoms with van der Waals surface area (Å²) in [5.74, 6) is 0.610. The van der Waals surface area contributed by atoms with E-state index in [1.54, 1.807) is 0 Å². The normalized spacial score (nSPS) is 21.9. The summed E-state index contributed by atoms with van der Waals surface area (Å²) in [6, 6.07) is 15.5. The van der Waals surface area contributed by atoms with E-state index in [0.717, 1.165) is 65.4 Å². The molecule has 0 radical (unpaired) electrons. The van der Waals surface area contributed by atoms with Crippen molar-refractivity contribution in [3.05, 3.63) is 48.0 Å². The summed E-state index contributed by atoms with van der Waals surface area (Å²) in [4.78, 5) is 2.50. The number of ether oxygens (including phenoxy) is 2. The lowest BCUT2D eigenvalue weighted by Crippen LogP contribution is -2.41. The van der Waals surface area contributed by atoms with Crippen LogP contribution in [0, 0.1) is 5.92 Å². The Hall–Kier alpha value is -1.46. The number of rotatable bonds is 9. The highest BCUT2D eigenvalue weighted by Gasteiger charge is 2.21. The third-order valence-electron chi connectivity index (χ3n) is 6.15. The Bertz CT molecular complexity index is 718. The zero-order chi connectivity index (χ0) is 19.0. The highest BCUT2D eigenvalue weighted by Crippen LogP contribution is 2.26. The largest absolute Gasteiger partial charge is 0.379 e. The summed E-state index contributed by atoms with van der Waals surface area (Å²) in [5, 5.41) is 6.48. The molecule has 152 valence electrons. The van der Waals surface area contributed by atoms with Crippen molar-refractivity contribution in [1.29, 1.82) is 0 Å². The highest BCUT2D eigenvalue weighted by molar-refractivity contribution is 5.85. The molecule has 1 N–H and O–H groups in total. The van der Waals surface area contributed by atoms with E-state index in [9.17, 15) is 0 Å². The Balaban J connectivity index is 1.35. The van der Waals surface area contributed by atoms with Crippen molar-refractivity contribution in [3.8, 4) is 0 Å². The van der Waals surface area contributed by atoms with Crippen molar-refractivity contribution in [2.75, 3.05) is 52.5 Å². The van der Waals surface area contributed by atoms with Crippen molar-refractivity contribution in [3.63, 3.8) is 0 Å². The zero-order valence-electron chi connectivity index (χ0n) is 16.9. The molecule has 2 aliphatic rings. The summed E-state index contributed by atoms with van der Waals surface area (Å²) in [6.45, 7) is 8.06. The summed E-state index contributed by atoms with van der Waals surface area (Å²) >= 11 is 0. The Labute approximate surface area is 169 Å². The van der Waals surface area contributed by atoms with Crippen molar-refractivity contribution in [2.24, 2.45) is 5.92 Å². The number of nitrogens with zero attached hydrogens (tertiary/aromatic N) is 1. The Morgan fingerprint density at radius 3 is 2.75 bits per heavy atom. The molecule has 2 heterocycles. The molecule has 2 aromatic carbocycles. The van der Waals surface area contributed by atoms with Gasteiger partial charge in [0.25, 0.3) is 0 Å². The van der Waals surface area contributed by atoms with Gasteiger partial charge in [-0.05, 0) is 54.5 Å². The molecule has 0 amide bonds. The van der Waals surface area contributed by atoms with Gasteiger partial charge in [0, 0.05) is 32.8 Å². The van der Waals surface area contributed by atoms with Gasteiger partial charge in [-0.25, -0.2) is 0 Å². The summed E-state index contributed by atoms with van der Waals surface area (Å²) in [7, 11) is 0. The first-order chi connectivity index (χ1) is 13.9. The lowest BCUT2D eigenvalue weighted by Gasteiger charge is -2.27. The van der Waals surface area contributed by atoms with Gasteiger partial charge in [0.2, 0.25) is 0 Å². The average molecular weight is 383 g/mol. The standard InChI is InChI=1S/C24H34N2O2/c1-2-9-24-21(5-1)6-3-7-22(24)17-20(18-23-8-4-14-28-23)19-25-10-11-26-12-15-27-16-13-26/h1-3,5-7,9,20,23,25H,4,8,10-19H2. The van der Waals surface area contributed by atoms with Crippen LogP contribution < -0.4 is 5.32 Å². The lowest BCUT2D eigenvalue weighted by atomic mass is 9.90. The van der Waals surface area contributed by atoms with Crippen molar-refractivity contribution < 1.29 is 9.47 Å². The minimum atomic E-state index is 0.445. The molecule has 2 aromatic rings. The predicted molar refractivity (Wildman–Crippen MR) is 115 cm³/mol. The van der Waals surface area contributed by atoms with Gasteiger partial charge in [0.05, 0.1) is 19.3 Å². The van der Waals surface area contributed by atoms with Crippen LogP contribution >= 0.6 is 0 Å². The smallest absolute Gasteiger partial charge is 0.0594 e. The first-order valence-corrected chi connectivity index (χ1v) is 11.0. The number of hydrogen-bond donors (Lipinski definition) is 1. The molecule has 4 nitrogen and oxygen atoms in total. The second-order valence-corrected chi connectivity index (χ2v) is 8.24. The number of nitrogens with one attached hydrogen (secondary N) is 1. The third-order valence-corrected chi connectivity index (χ3v) is 6.15. The molecule has 2 unspecified atom stereocenters. The second kappa shape index (κ2) is 10.4. The van der Waals surface area contributed by atoms with Gasteiger partial charge in [-0.15, -0.1) is 0 Å². The Kier molecular flexibility index (Phi) is 7.34. The third kappa shape index (κ3) is 5.54. The van der Waals surface area contributed by atoms with Gasteiger partial charge in [-0.1, -0.05) is 42.5 Å². The van der Waals surface area contributed by atoms with Crippen molar-refractivity contribution in [1.82, 2.24) is 10.2 Å². The minimum Gasteiger partial charge on any atom is -0.379 e. The lowest BCUT2D eigenvalue weighted by molar-refractivity contribution is 0.0382. The van der Waals surface area contributed by atoms with Crippen LogP contribution in [0.1, 0.15) is 24.8 Å². The second-order valence-electron chi connectivity index (χ2n) is 8.24. The molecule has 2 fully saturated rings. The molecule has 2 atom stereocenters. The average Bonchev–Trinajstić information content (AvgIpc) is 3.25. The van der Waals surface area contributed by atoms with Gasteiger partial charge in [-0.3, -0.25) is 4.90 Å².